The summed E-state index contributed by atoms with van der Waals surface area (Å²) in [5.41, 5.74) is 2.87. The molecule has 0 bridgehead atoms. The zero-order chi connectivity index (χ0) is 20.4. The van der Waals surface area contributed by atoms with Gasteiger partial charge in [0.25, 0.3) is 5.56 Å². The standard InChI is InChI=1S/C22H23ClN4O2/c1-16-6-7-17(23)14-20(16)25-10-12-26(13-11-25)21(28)8-9-27-15-24-19-5-3-2-4-18(19)22(27)29/h2-7,14-15H,8-13H2,1H3. The molecule has 3 aromatic rings. The summed E-state index contributed by atoms with van der Waals surface area (Å²) in [6, 6.07) is 13.1. The number of aryl methyl sites for hydroxylation is 2. The predicted octanol–water partition coefficient (Wildman–Crippen LogP) is 3.10. The molecule has 1 saturated heterocycles. The molecule has 150 valence electrons. The maximum atomic E-state index is 12.7. The largest absolute Gasteiger partial charge is 0.368 e. The lowest BCUT2D eigenvalue weighted by atomic mass is 10.1. The third-order valence-corrected chi connectivity index (χ3v) is 5.68. The summed E-state index contributed by atoms with van der Waals surface area (Å²) >= 11 is 6.14. The molecule has 0 aliphatic carbocycles. The zero-order valence-electron chi connectivity index (χ0n) is 16.3. The number of amides is 1. The number of hydrogen-bond donors (Lipinski definition) is 0. The van der Waals surface area contributed by atoms with Crippen LogP contribution in [0, 0.1) is 6.92 Å². The Kier molecular flexibility index (Phi) is 5.53. The number of hydrogen-bond acceptors (Lipinski definition) is 4. The Morgan fingerprint density at radius 2 is 1.86 bits per heavy atom. The lowest BCUT2D eigenvalue weighted by molar-refractivity contribution is -0.131. The second-order valence-electron chi connectivity index (χ2n) is 7.31. The molecule has 29 heavy (non-hydrogen) atoms. The van der Waals surface area contributed by atoms with Gasteiger partial charge in [0.2, 0.25) is 5.91 Å². The average Bonchev–Trinajstić information content (AvgIpc) is 2.75. The fourth-order valence-corrected chi connectivity index (χ4v) is 3.93. The lowest BCUT2D eigenvalue weighted by Crippen LogP contribution is -2.49. The van der Waals surface area contributed by atoms with Crippen LogP contribution in [0.4, 0.5) is 5.69 Å². The minimum atomic E-state index is -0.107. The number of nitrogens with zero attached hydrogens (tertiary/aromatic N) is 4. The molecule has 1 aliphatic heterocycles. The Bertz CT molecular complexity index is 1100. The summed E-state index contributed by atoms with van der Waals surface area (Å²) in [7, 11) is 0. The van der Waals surface area contributed by atoms with Gasteiger partial charge in [0.05, 0.1) is 17.2 Å². The van der Waals surface area contributed by atoms with Gasteiger partial charge in [-0.1, -0.05) is 29.8 Å². The molecule has 2 aromatic carbocycles. The first kappa shape index (κ1) is 19.5. The van der Waals surface area contributed by atoms with E-state index >= 15 is 0 Å². The minimum absolute atomic E-state index is 0.0625. The monoisotopic (exact) mass is 410 g/mol. The molecule has 1 aromatic heterocycles. The first-order valence-electron chi connectivity index (χ1n) is 9.76. The van der Waals surface area contributed by atoms with Crippen molar-refractivity contribution in [2.45, 2.75) is 19.9 Å². The Morgan fingerprint density at radius 1 is 1.10 bits per heavy atom. The third kappa shape index (κ3) is 4.12. The summed E-state index contributed by atoms with van der Waals surface area (Å²) < 4.78 is 1.52. The van der Waals surface area contributed by atoms with E-state index in [1.54, 1.807) is 6.07 Å². The van der Waals surface area contributed by atoms with Crippen molar-refractivity contribution in [2.24, 2.45) is 0 Å². The molecule has 0 N–H and O–H groups in total. The van der Waals surface area contributed by atoms with Crippen molar-refractivity contribution < 1.29 is 4.79 Å². The fraction of sp³-hybridized carbons (Fsp3) is 0.318. The van der Waals surface area contributed by atoms with Gasteiger partial charge >= 0.3 is 0 Å². The van der Waals surface area contributed by atoms with E-state index in [0.717, 1.165) is 23.8 Å². The Morgan fingerprint density at radius 3 is 2.66 bits per heavy atom. The molecule has 7 heteroatoms. The van der Waals surface area contributed by atoms with Crippen molar-refractivity contribution in [3.63, 3.8) is 0 Å². The zero-order valence-corrected chi connectivity index (χ0v) is 17.1. The van der Waals surface area contributed by atoms with Crippen LogP contribution in [0.1, 0.15) is 12.0 Å². The van der Waals surface area contributed by atoms with Crippen molar-refractivity contribution >= 4 is 34.1 Å². The van der Waals surface area contributed by atoms with Crippen molar-refractivity contribution in [1.82, 2.24) is 14.5 Å². The molecule has 1 amide bonds. The molecular formula is C22H23ClN4O2. The number of carbonyl (C=O) groups is 1. The number of benzene rings is 2. The number of aromatic nitrogens is 2. The first-order valence-corrected chi connectivity index (χ1v) is 10.1. The maximum Gasteiger partial charge on any atom is 0.261 e. The van der Waals surface area contributed by atoms with Crippen LogP contribution in [-0.4, -0.2) is 46.5 Å². The Hall–Kier alpha value is -2.86. The van der Waals surface area contributed by atoms with Gasteiger partial charge < -0.3 is 9.80 Å². The quantitative estimate of drug-likeness (QED) is 0.663. The van der Waals surface area contributed by atoms with Gasteiger partial charge in [-0.3, -0.25) is 14.2 Å². The SMILES string of the molecule is Cc1ccc(Cl)cc1N1CCN(C(=O)CCn2cnc3ccccc3c2=O)CC1. The summed E-state index contributed by atoms with van der Waals surface area (Å²) in [6.07, 6.45) is 1.81. The summed E-state index contributed by atoms with van der Waals surface area (Å²) in [5, 5.41) is 1.30. The normalized spacial score (nSPS) is 14.4. The van der Waals surface area contributed by atoms with Crippen LogP contribution in [0.2, 0.25) is 5.02 Å². The second-order valence-corrected chi connectivity index (χ2v) is 7.75. The van der Waals surface area contributed by atoms with E-state index in [0.29, 0.717) is 30.5 Å². The van der Waals surface area contributed by atoms with Crippen LogP contribution in [0.5, 0.6) is 0 Å². The van der Waals surface area contributed by atoms with Gasteiger partial charge in [-0.15, -0.1) is 0 Å². The molecule has 4 rings (SSSR count). The predicted molar refractivity (Wildman–Crippen MR) is 116 cm³/mol. The van der Waals surface area contributed by atoms with Crippen LogP contribution >= 0.6 is 11.6 Å². The van der Waals surface area contributed by atoms with E-state index in [9.17, 15) is 9.59 Å². The molecule has 1 fully saturated rings. The molecular weight excluding hydrogens is 388 g/mol. The molecule has 0 unspecified atom stereocenters. The molecule has 0 spiro atoms. The van der Waals surface area contributed by atoms with Gasteiger partial charge in [-0.05, 0) is 36.8 Å². The Balaban J connectivity index is 1.36. The number of carbonyl (C=O) groups excluding carboxylic acids is 1. The van der Waals surface area contributed by atoms with E-state index < -0.39 is 0 Å². The highest BCUT2D eigenvalue weighted by Gasteiger charge is 2.22. The maximum absolute atomic E-state index is 12.7. The van der Waals surface area contributed by atoms with E-state index in [1.807, 2.05) is 41.3 Å². The van der Waals surface area contributed by atoms with E-state index in [1.165, 1.54) is 16.5 Å². The van der Waals surface area contributed by atoms with Crippen LogP contribution in [0.3, 0.4) is 0 Å². The molecule has 0 radical (unpaired) electrons. The number of piperazine rings is 1. The van der Waals surface area contributed by atoms with Crippen LogP contribution in [0.25, 0.3) is 10.9 Å². The topological polar surface area (TPSA) is 58.4 Å². The van der Waals surface area contributed by atoms with Crippen LogP contribution < -0.4 is 10.5 Å². The number of halogens is 1. The van der Waals surface area contributed by atoms with Gasteiger partial charge in [-0.2, -0.15) is 0 Å². The van der Waals surface area contributed by atoms with Crippen molar-refractivity contribution in [1.29, 1.82) is 0 Å². The Labute approximate surface area is 174 Å². The highest BCUT2D eigenvalue weighted by Crippen LogP contribution is 2.25. The van der Waals surface area contributed by atoms with Gasteiger partial charge in [0.15, 0.2) is 0 Å². The summed E-state index contributed by atoms with van der Waals surface area (Å²) in [4.78, 5) is 33.7. The second kappa shape index (κ2) is 8.25. The minimum Gasteiger partial charge on any atom is -0.368 e. The van der Waals surface area contributed by atoms with Gasteiger partial charge in [0, 0.05) is 49.9 Å². The highest BCUT2D eigenvalue weighted by atomic mass is 35.5. The van der Waals surface area contributed by atoms with Crippen LogP contribution in [-0.2, 0) is 11.3 Å². The molecule has 1 aliphatic rings. The molecule has 0 atom stereocenters. The van der Waals surface area contributed by atoms with Gasteiger partial charge in [-0.25, -0.2) is 4.98 Å². The first-order chi connectivity index (χ1) is 14.0. The van der Waals surface area contributed by atoms with E-state index in [4.69, 9.17) is 11.6 Å². The third-order valence-electron chi connectivity index (χ3n) is 5.44. The van der Waals surface area contributed by atoms with Crippen molar-refractivity contribution in [3.8, 4) is 0 Å². The van der Waals surface area contributed by atoms with Gasteiger partial charge in [0.1, 0.15) is 0 Å². The fourth-order valence-electron chi connectivity index (χ4n) is 3.76. The number of fused-ring (bicyclic) bond motifs is 1. The molecule has 2 heterocycles. The van der Waals surface area contributed by atoms with E-state index in [2.05, 4.69) is 16.8 Å². The highest BCUT2D eigenvalue weighted by molar-refractivity contribution is 6.30. The number of rotatable bonds is 4. The molecule has 0 saturated carbocycles. The van der Waals surface area contributed by atoms with Crippen molar-refractivity contribution in [3.05, 3.63) is 69.7 Å². The average molecular weight is 411 g/mol. The summed E-state index contributed by atoms with van der Waals surface area (Å²) in [5.74, 6) is 0.0625. The van der Waals surface area contributed by atoms with E-state index in [-0.39, 0.29) is 17.9 Å². The lowest BCUT2D eigenvalue weighted by Gasteiger charge is -2.37. The number of para-hydroxylation sites is 1. The van der Waals surface area contributed by atoms with Crippen molar-refractivity contribution in [2.75, 3.05) is 31.1 Å². The molecule has 6 nitrogen and oxygen atoms in total. The summed E-state index contributed by atoms with van der Waals surface area (Å²) in [6.45, 7) is 5.27. The van der Waals surface area contributed by atoms with Crippen LogP contribution in [0.15, 0.2) is 53.6 Å². The smallest absolute Gasteiger partial charge is 0.261 e. The number of anilines is 1.